The summed E-state index contributed by atoms with van der Waals surface area (Å²) in [6.45, 7) is 4.42. The Hall–Kier alpha value is -1.27. The average molecular weight is 345 g/mol. The molecule has 1 aliphatic rings. The van der Waals surface area contributed by atoms with Crippen molar-refractivity contribution in [1.29, 1.82) is 0 Å². The van der Waals surface area contributed by atoms with Gasteiger partial charge in [0.15, 0.2) is 9.84 Å². The van der Waals surface area contributed by atoms with Crippen LogP contribution in [0.2, 0.25) is 5.02 Å². The number of anilines is 1. The lowest BCUT2D eigenvalue weighted by Gasteiger charge is -2.27. The number of amides is 1. The summed E-state index contributed by atoms with van der Waals surface area (Å²) in [6.07, 6.45) is 0.526. The van der Waals surface area contributed by atoms with Gasteiger partial charge in [0.1, 0.15) is 0 Å². The summed E-state index contributed by atoms with van der Waals surface area (Å²) in [6, 6.07) is 5.33. The van der Waals surface area contributed by atoms with Crippen molar-refractivity contribution in [3.63, 3.8) is 0 Å². The molecule has 5 nitrogen and oxygen atoms in total. The maximum absolute atomic E-state index is 12.3. The first-order valence-electron chi connectivity index (χ1n) is 7.32. The molecule has 0 saturated carbocycles. The van der Waals surface area contributed by atoms with Crippen LogP contribution in [0.5, 0.6) is 0 Å². The van der Waals surface area contributed by atoms with Crippen molar-refractivity contribution in [2.75, 3.05) is 29.9 Å². The summed E-state index contributed by atoms with van der Waals surface area (Å²) < 4.78 is 23.1. The van der Waals surface area contributed by atoms with Gasteiger partial charge in [-0.05, 0) is 38.0 Å². The minimum absolute atomic E-state index is 0.0724. The molecule has 2 rings (SSSR count). The third-order valence-electron chi connectivity index (χ3n) is 3.93. The lowest BCUT2D eigenvalue weighted by atomic mass is 10.2. The van der Waals surface area contributed by atoms with Crippen LogP contribution in [0.1, 0.15) is 18.9 Å². The molecule has 22 heavy (non-hydrogen) atoms. The Morgan fingerprint density at radius 2 is 2.18 bits per heavy atom. The van der Waals surface area contributed by atoms with Crippen LogP contribution in [-0.2, 0) is 14.6 Å². The van der Waals surface area contributed by atoms with Crippen molar-refractivity contribution in [2.45, 2.75) is 26.3 Å². The van der Waals surface area contributed by atoms with Crippen molar-refractivity contribution in [2.24, 2.45) is 0 Å². The van der Waals surface area contributed by atoms with Crippen molar-refractivity contribution in [3.8, 4) is 0 Å². The molecule has 0 radical (unpaired) electrons. The molecule has 1 saturated heterocycles. The van der Waals surface area contributed by atoms with Crippen molar-refractivity contribution >= 4 is 33.0 Å². The number of carbonyl (C=O) groups excluding carboxylic acids is 1. The highest BCUT2D eigenvalue weighted by molar-refractivity contribution is 7.91. The number of rotatable bonds is 5. The monoisotopic (exact) mass is 344 g/mol. The maximum Gasteiger partial charge on any atom is 0.242 e. The van der Waals surface area contributed by atoms with Gasteiger partial charge in [-0.2, -0.15) is 0 Å². The van der Waals surface area contributed by atoms with Crippen LogP contribution in [-0.4, -0.2) is 49.9 Å². The predicted octanol–water partition coefficient (Wildman–Crippen LogP) is 2.10. The lowest BCUT2D eigenvalue weighted by Crippen LogP contribution is -2.43. The quantitative estimate of drug-likeness (QED) is 0.888. The summed E-state index contributed by atoms with van der Waals surface area (Å²) in [5.74, 6) is 0.145. The second kappa shape index (κ2) is 6.87. The molecular formula is C15H21ClN2O3S. The molecule has 0 bridgehead atoms. The first kappa shape index (κ1) is 17.1. The fraction of sp³-hybridized carbons (Fsp3) is 0.533. The number of benzene rings is 1. The van der Waals surface area contributed by atoms with Crippen LogP contribution in [0.4, 0.5) is 5.69 Å². The number of halogens is 1. The number of likely N-dealkylation sites (N-methyl/N-ethyl adjacent to an activating group) is 1. The van der Waals surface area contributed by atoms with E-state index < -0.39 is 9.84 Å². The van der Waals surface area contributed by atoms with E-state index in [2.05, 4.69) is 5.32 Å². The predicted molar refractivity (Wildman–Crippen MR) is 89.1 cm³/mol. The van der Waals surface area contributed by atoms with E-state index >= 15 is 0 Å². The number of hydrogen-bond donors (Lipinski definition) is 1. The van der Waals surface area contributed by atoms with Crippen LogP contribution >= 0.6 is 11.6 Å². The molecular weight excluding hydrogens is 324 g/mol. The molecule has 1 fully saturated rings. The first-order valence-corrected chi connectivity index (χ1v) is 9.52. The summed E-state index contributed by atoms with van der Waals surface area (Å²) >= 11 is 6.05. The third-order valence-corrected chi connectivity index (χ3v) is 6.08. The minimum Gasteiger partial charge on any atom is -0.376 e. The SMILES string of the molecule is CCN(C(=O)CNc1ccc(C)c(Cl)c1)C1CCS(=O)(=O)C1. The number of carbonyl (C=O) groups is 1. The molecule has 0 aliphatic carbocycles. The fourth-order valence-electron chi connectivity index (χ4n) is 2.64. The Kier molecular flexibility index (Phi) is 5.34. The molecule has 1 unspecified atom stereocenters. The van der Waals surface area contributed by atoms with Gasteiger partial charge in [0.05, 0.1) is 18.1 Å². The highest BCUT2D eigenvalue weighted by atomic mass is 35.5. The number of sulfone groups is 1. The van der Waals surface area contributed by atoms with Crippen molar-refractivity contribution in [3.05, 3.63) is 28.8 Å². The molecule has 1 atom stereocenters. The Bertz CT molecular complexity index is 661. The van der Waals surface area contributed by atoms with Crippen LogP contribution < -0.4 is 5.32 Å². The Morgan fingerprint density at radius 3 is 2.73 bits per heavy atom. The largest absolute Gasteiger partial charge is 0.376 e. The van der Waals surface area contributed by atoms with Crippen molar-refractivity contribution in [1.82, 2.24) is 4.90 Å². The molecule has 1 N–H and O–H groups in total. The smallest absolute Gasteiger partial charge is 0.242 e. The second-order valence-electron chi connectivity index (χ2n) is 5.55. The highest BCUT2D eigenvalue weighted by Crippen LogP contribution is 2.21. The summed E-state index contributed by atoms with van der Waals surface area (Å²) in [5, 5.41) is 3.69. The van der Waals surface area contributed by atoms with Gasteiger partial charge in [-0.15, -0.1) is 0 Å². The molecule has 0 aromatic heterocycles. The number of aryl methyl sites for hydroxylation is 1. The number of nitrogens with one attached hydrogen (secondary N) is 1. The van der Waals surface area contributed by atoms with E-state index in [0.717, 1.165) is 11.3 Å². The number of hydrogen-bond acceptors (Lipinski definition) is 4. The molecule has 1 amide bonds. The van der Waals surface area contributed by atoms with Gasteiger partial charge in [0, 0.05) is 23.3 Å². The standard InChI is InChI=1S/C15H21ClN2O3S/c1-3-18(13-6-7-22(20,21)10-13)15(19)9-17-12-5-4-11(2)14(16)8-12/h4-5,8,13,17H,3,6-7,9-10H2,1-2H3. The van der Waals surface area contributed by atoms with Gasteiger partial charge >= 0.3 is 0 Å². The van der Waals surface area contributed by atoms with E-state index in [1.54, 1.807) is 11.0 Å². The zero-order valence-electron chi connectivity index (χ0n) is 12.8. The van der Waals surface area contributed by atoms with Gasteiger partial charge < -0.3 is 10.2 Å². The van der Waals surface area contributed by atoms with Gasteiger partial charge in [-0.25, -0.2) is 8.42 Å². The van der Waals surface area contributed by atoms with Crippen LogP contribution in [0.25, 0.3) is 0 Å². The lowest BCUT2D eigenvalue weighted by molar-refractivity contribution is -0.130. The zero-order chi connectivity index (χ0) is 16.3. The molecule has 0 spiro atoms. The van der Waals surface area contributed by atoms with Crippen molar-refractivity contribution < 1.29 is 13.2 Å². The van der Waals surface area contributed by atoms with Gasteiger partial charge in [0.2, 0.25) is 5.91 Å². The molecule has 7 heteroatoms. The average Bonchev–Trinajstić information content (AvgIpc) is 2.81. The summed E-state index contributed by atoms with van der Waals surface area (Å²) in [7, 11) is -2.99. The van der Waals surface area contributed by atoms with Gasteiger partial charge in [-0.3, -0.25) is 4.79 Å². The Balaban J connectivity index is 1.96. The Labute approximate surface area is 136 Å². The van der Waals surface area contributed by atoms with Gasteiger partial charge in [-0.1, -0.05) is 17.7 Å². The normalized spacial score (nSPS) is 19.9. The van der Waals surface area contributed by atoms with E-state index in [9.17, 15) is 13.2 Å². The van der Waals surface area contributed by atoms with E-state index in [0.29, 0.717) is 18.0 Å². The van der Waals surface area contributed by atoms with E-state index in [4.69, 9.17) is 11.6 Å². The molecule has 122 valence electrons. The molecule has 1 aromatic carbocycles. The first-order chi connectivity index (χ1) is 10.3. The van der Waals surface area contributed by atoms with Gasteiger partial charge in [0.25, 0.3) is 0 Å². The zero-order valence-corrected chi connectivity index (χ0v) is 14.4. The van der Waals surface area contributed by atoms with Crippen LogP contribution in [0, 0.1) is 6.92 Å². The highest BCUT2D eigenvalue weighted by Gasteiger charge is 2.33. The molecule has 1 aromatic rings. The molecule has 1 heterocycles. The fourth-order valence-corrected chi connectivity index (χ4v) is 4.55. The van der Waals surface area contributed by atoms with E-state index in [1.807, 2.05) is 26.0 Å². The van der Waals surface area contributed by atoms with E-state index in [1.165, 1.54) is 0 Å². The topological polar surface area (TPSA) is 66.5 Å². The van der Waals surface area contributed by atoms with Crippen LogP contribution in [0.15, 0.2) is 18.2 Å². The summed E-state index contributed by atoms with van der Waals surface area (Å²) in [5.41, 5.74) is 1.75. The second-order valence-corrected chi connectivity index (χ2v) is 8.19. The number of nitrogens with zero attached hydrogens (tertiary/aromatic N) is 1. The third kappa shape index (κ3) is 4.14. The Morgan fingerprint density at radius 1 is 1.45 bits per heavy atom. The van der Waals surface area contributed by atoms with E-state index in [-0.39, 0.29) is 30.0 Å². The summed E-state index contributed by atoms with van der Waals surface area (Å²) in [4.78, 5) is 14.0. The minimum atomic E-state index is -2.99. The molecule has 1 aliphatic heterocycles. The maximum atomic E-state index is 12.3. The van der Waals surface area contributed by atoms with Crippen LogP contribution in [0.3, 0.4) is 0 Å².